The number of amides is 2. The third-order valence-electron chi connectivity index (χ3n) is 5.73. The van der Waals surface area contributed by atoms with E-state index in [9.17, 15) is 9.59 Å². The molecule has 0 aromatic carbocycles. The number of nitrogens with zero attached hydrogens (tertiary/aromatic N) is 3. The van der Waals surface area contributed by atoms with Gasteiger partial charge in [-0.1, -0.05) is 12.1 Å². The van der Waals surface area contributed by atoms with Crippen LogP contribution in [0.5, 0.6) is 0 Å². The Morgan fingerprint density at radius 3 is 2.97 bits per heavy atom. The minimum absolute atomic E-state index is 0. The number of piperidine rings is 1. The topological polar surface area (TPSA) is 100 Å². The van der Waals surface area contributed by atoms with E-state index < -0.39 is 0 Å². The molecule has 2 aliphatic rings. The molecule has 4 rings (SSSR count). The second kappa shape index (κ2) is 9.54. The molecule has 2 amide bonds. The Morgan fingerprint density at radius 1 is 1.34 bits per heavy atom. The van der Waals surface area contributed by atoms with Gasteiger partial charge < -0.3 is 20.1 Å². The van der Waals surface area contributed by atoms with Crippen molar-refractivity contribution < 1.29 is 14.1 Å². The molecule has 2 aromatic heterocycles. The van der Waals surface area contributed by atoms with Crippen LogP contribution in [0.25, 0.3) is 11.1 Å². The number of halogens is 1. The first kappa shape index (κ1) is 21.5. The highest BCUT2D eigenvalue weighted by Gasteiger charge is 2.27. The van der Waals surface area contributed by atoms with Gasteiger partial charge in [-0.2, -0.15) is 0 Å². The lowest BCUT2D eigenvalue weighted by Gasteiger charge is -2.33. The SMILES string of the molecule is CCc1noc2ncc(C(=O)N3CCCC(CNC(=O)C4CCCN4)C3)cc12.Cl. The summed E-state index contributed by atoms with van der Waals surface area (Å²) in [6.45, 7) is 4.91. The molecule has 9 heteroatoms. The van der Waals surface area contributed by atoms with Gasteiger partial charge in [0.1, 0.15) is 0 Å². The standard InChI is InChI=1S/C20H27N5O3.ClH/c1-2-16-15-9-14(11-23-19(15)28-24-16)20(27)25-8-4-5-13(12-25)10-22-18(26)17-6-3-7-21-17;/h9,11,13,17,21H,2-8,10,12H2,1H3,(H,22,26);1H. The molecular weight excluding hydrogens is 394 g/mol. The highest BCUT2D eigenvalue weighted by atomic mass is 35.5. The highest BCUT2D eigenvalue weighted by molar-refractivity contribution is 5.97. The minimum Gasteiger partial charge on any atom is -0.354 e. The van der Waals surface area contributed by atoms with Crippen LogP contribution in [0.15, 0.2) is 16.8 Å². The summed E-state index contributed by atoms with van der Waals surface area (Å²) in [5.74, 6) is 0.336. The maximum absolute atomic E-state index is 13.0. The predicted molar refractivity (Wildman–Crippen MR) is 111 cm³/mol. The Balaban J connectivity index is 0.00000240. The van der Waals surface area contributed by atoms with Crippen molar-refractivity contribution in [1.29, 1.82) is 0 Å². The summed E-state index contributed by atoms with van der Waals surface area (Å²) in [6, 6.07) is 1.77. The number of pyridine rings is 1. The summed E-state index contributed by atoms with van der Waals surface area (Å²) in [5.41, 5.74) is 1.84. The van der Waals surface area contributed by atoms with E-state index in [4.69, 9.17) is 4.52 Å². The zero-order chi connectivity index (χ0) is 19.5. The lowest BCUT2D eigenvalue weighted by Crippen LogP contribution is -2.46. The minimum atomic E-state index is -0.0598. The van der Waals surface area contributed by atoms with Crippen LogP contribution in [0.4, 0.5) is 0 Å². The molecule has 0 radical (unpaired) electrons. The number of hydrogen-bond donors (Lipinski definition) is 2. The van der Waals surface area contributed by atoms with Crippen molar-refractivity contribution in [2.24, 2.45) is 5.92 Å². The Kier molecular flexibility index (Phi) is 7.08. The summed E-state index contributed by atoms with van der Waals surface area (Å²) < 4.78 is 5.20. The lowest BCUT2D eigenvalue weighted by molar-refractivity contribution is -0.123. The van der Waals surface area contributed by atoms with Crippen LogP contribution in [0.2, 0.25) is 0 Å². The maximum atomic E-state index is 13.0. The summed E-state index contributed by atoms with van der Waals surface area (Å²) in [7, 11) is 0. The van der Waals surface area contributed by atoms with E-state index in [2.05, 4.69) is 20.8 Å². The van der Waals surface area contributed by atoms with Gasteiger partial charge in [0.25, 0.3) is 11.6 Å². The average molecular weight is 422 g/mol. The van der Waals surface area contributed by atoms with Crippen LogP contribution in [-0.4, -0.2) is 59.1 Å². The fourth-order valence-electron chi connectivity index (χ4n) is 4.13. The van der Waals surface area contributed by atoms with Crippen LogP contribution in [0.1, 0.15) is 48.7 Å². The molecule has 0 bridgehead atoms. The first-order valence-corrected chi connectivity index (χ1v) is 10.2. The van der Waals surface area contributed by atoms with E-state index in [1.54, 1.807) is 6.20 Å². The summed E-state index contributed by atoms with van der Waals surface area (Å²) >= 11 is 0. The van der Waals surface area contributed by atoms with E-state index in [0.717, 1.165) is 56.3 Å². The van der Waals surface area contributed by atoms with Crippen LogP contribution in [-0.2, 0) is 11.2 Å². The number of likely N-dealkylation sites (tertiary alicyclic amines) is 1. The van der Waals surface area contributed by atoms with Gasteiger partial charge in [0.15, 0.2) is 0 Å². The first-order valence-electron chi connectivity index (χ1n) is 10.2. The number of fused-ring (bicyclic) bond motifs is 1. The quantitative estimate of drug-likeness (QED) is 0.765. The molecule has 4 heterocycles. The molecule has 0 spiro atoms. The molecule has 158 valence electrons. The predicted octanol–water partition coefficient (Wildman–Crippen LogP) is 1.93. The second-order valence-corrected chi connectivity index (χ2v) is 7.71. The van der Waals surface area contributed by atoms with Crippen molar-refractivity contribution in [3.05, 3.63) is 23.5 Å². The number of rotatable bonds is 5. The van der Waals surface area contributed by atoms with Crippen molar-refractivity contribution in [1.82, 2.24) is 25.7 Å². The van der Waals surface area contributed by atoms with Crippen molar-refractivity contribution >= 4 is 35.3 Å². The van der Waals surface area contributed by atoms with Crippen molar-refractivity contribution in [3.63, 3.8) is 0 Å². The molecule has 0 saturated carbocycles. The number of nitrogens with one attached hydrogen (secondary N) is 2. The zero-order valence-electron chi connectivity index (χ0n) is 16.6. The molecule has 2 atom stereocenters. The van der Waals surface area contributed by atoms with Crippen molar-refractivity contribution in [2.75, 3.05) is 26.2 Å². The molecular formula is C20H28ClN5O3. The van der Waals surface area contributed by atoms with Crippen molar-refractivity contribution in [3.8, 4) is 0 Å². The Bertz CT molecular complexity index is 865. The van der Waals surface area contributed by atoms with E-state index >= 15 is 0 Å². The third-order valence-corrected chi connectivity index (χ3v) is 5.73. The van der Waals surface area contributed by atoms with Crippen LogP contribution < -0.4 is 10.6 Å². The number of aryl methyl sites for hydroxylation is 1. The van der Waals surface area contributed by atoms with Crippen LogP contribution in [0, 0.1) is 5.92 Å². The lowest BCUT2D eigenvalue weighted by atomic mass is 9.97. The number of carbonyl (C=O) groups is 2. The largest absolute Gasteiger partial charge is 0.354 e. The molecule has 2 saturated heterocycles. The third kappa shape index (κ3) is 4.70. The normalized spacial score (nSPS) is 21.8. The molecule has 2 unspecified atom stereocenters. The highest BCUT2D eigenvalue weighted by Crippen LogP contribution is 2.22. The maximum Gasteiger partial charge on any atom is 0.257 e. The van der Waals surface area contributed by atoms with Gasteiger partial charge in [0.2, 0.25) is 5.91 Å². The van der Waals surface area contributed by atoms with Gasteiger partial charge in [0.05, 0.1) is 22.7 Å². The fourth-order valence-corrected chi connectivity index (χ4v) is 4.13. The number of carbonyl (C=O) groups excluding carboxylic acids is 2. The Labute approximate surface area is 176 Å². The van der Waals surface area contributed by atoms with Crippen molar-refractivity contribution in [2.45, 2.75) is 45.1 Å². The first-order chi connectivity index (χ1) is 13.7. The molecule has 2 aliphatic heterocycles. The van der Waals surface area contributed by atoms with Gasteiger partial charge in [-0.15, -0.1) is 12.4 Å². The summed E-state index contributed by atoms with van der Waals surface area (Å²) in [4.78, 5) is 31.3. The summed E-state index contributed by atoms with van der Waals surface area (Å²) in [6.07, 6.45) is 6.20. The Morgan fingerprint density at radius 2 is 2.21 bits per heavy atom. The van der Waals surface area contributed by atoms with E-state index in [-0.39, 0.29) is 36.2 Å². The van der Waals surface area contributed by atoms with Gasteiger partial charge in [-0.25, -0.2) is 4.98 Å². The summed E-state index contributed by atoms with van der Waals surface area (Å²) in [5, 5.41) is 11.1. The Hall–Kier alpha value is -2.19. The van der Waals surface area contributed by atoms with Crippen LogP contribution in [0.3, 0.4) is 0 Å². The molecule has 2 N–H and O–H groups in total. The smallest absolute Gasteiger partial charge is 0.257 e. The monoisotopic (exact) mass is 421 g/mol. The molecule has 2 aromatic rings. The molecule has 29 heavy (non-hydrogen) atoms. The molecule has 8 nitrogen and oxygen atoms in total. The second-order valence-electron chi connectivity index (χ2n) is 7.71. The zero-order valence-corrected chi connectivity index (χ0v) is 17.5. The molecule has 0 aliphatic carbocycles. The average Bonchev–Trinajstić information content (AvgIpc) is 3.41. The van der Waals surface area contributed by atoms with Gasteiger partial charge in [-0.05, 0) is 50.6 Å². The van der Waals surface area contributed by atoms with Gasteiger partial charge in [-0.3, -0.25) is 9.59 Å². The van der Waals surface area contributed by atoms with E-state index in [1.807, 2.05) is 17.9 Å². The van der Waals surface area contributed by atoms with Gasteiger partial charge >= 0.3 is 0 Å². The molecule has 2 fully saturated rings. The van der Waals surface area contributed by atoms with Crippen LogP contribution >= 0.6 is 12.4 Å². The fraction of sp³-hybridized carbons (Fsp3) is 0.600. The van der Waals surface area contributed by atoms with E-state index in [1.165, 1.54) is 0 Å². The number of hydrogen-bond acceptors (Lipinski definition) is 6. The number of aromatic nitrogens is 2. The van der Waals surface area contributed by atoms with Gasteiger partial charge in [0, 0.05) is 25.8 Å². The van der Waals surface area contributed by atoms with E-state index in [0.29, 0.717) is 24.4 Å².